The molecule has 5 nitrogen and oxygen atoms in total. The fraction of sp³-hybridized carbons (Fsp3) is 0.261. The van der Waals surface area contributed by atoms with Gasteiger partial charge in [0, 0.05) is 5.56 Å². The summed E-state index contributed by atoms with van der Waals surface area (Å²) in [4.78, 5) is 22.1. The number of hydrogen-bond donors (Lipinski definition) is 2. The van der Waals surface area contributed by atoms with Crippen LogP contribution in [0.3, 0.4) is 0 Å². The summed E-state index contributed by atoms with van der Waals surface area (Å²) in [6.07, 6.45) is 2.52. The van der Waals surface area contributed by atoms with Crippen LogP contribution >= 0.6 is 0 Å². The van der Waals surface area contributed by atoms with Gasteiger partial charge in [-0.25, -0.2) is 9.97 Å². The van der Waals surface area contributed by atoms with Gasteiger partial charge in [-0.15, -0.1) is 0 Å². The number of aromatic nitrogens is 2. The van der Waals surface area contributed by atoms with E-state index in [9.17, 15) is 9.90 Å². The van der Waals surface area contributed by atoms with Gasteiger partial charge in [-0.2, -0.15) is 0 Å². The van der Waals surface area contributed by atoms with Crippen molar-refractivity contribution in [3.8, 4) is 17.0 Å². The highest BCUT2D eigenvalue weighted by atomic mass is 16.3. The van der Waals surface area contributed by atoms with Gasteiger partial charge in [0.05, 0.1) is 23.5 Å². The average Bonchev–Trinajstić information content (AvgIpc) is 2.68. The SMILES string of the molecule is CCc1nc2c(nc1NC(=O)Cc1ccc(C)cc1)CCc1cc(O)ccc1-2. The molecule has 0 saturated heterocycles. The van der Waals surface area contributed by atoms with Gasteiger partial charge in [0.1, 0.15) is 5.75 Å². The van der Waals surface area contributed by atoms with E-state index in [4.69, 9.17) is 9.97 Å². The Morgan fingerprint density at radius 2 is 1.89 bits per heavy atom. The zero-order valence-corrected chi connectivity index (χ0v) is 16.1. The van der Waals surface area contributed by atoms with Crippen LogP contribution in [-0.4, -0.2) is 21.0 Å². The molecule has 28 heavy (non-hydrogen) atoms. The summed E-state index contributed by atoms with van der Waals surface area (Å²) in [5.41, 5.74) is 6.76. The second-order valence-corrected chi connectivity index (χ2v) is 7.22. The molecule has 0 spiro atoms. The third-order valence-electron chi connectivity index (χ3n) is 5.09. The lowest BCUT2D eigenvalue weighted by Gasteiger charge is -2.20. The van der Waals surface area contributed by atoms with Gasteiger partial charge < -0.3 is 10.4 Å². The first-order chi connectivity index (χ1) is 13.5. The molecule has 2 N–H and O–H groups in total. The smallest absolute Gasteiger partial charge is 0.229 e. The number of phenolic OH excluding ortho intramolecular Hbond substituents is 1. The van der Waals surface area contributed by atoms with Crippen molar-refractivity contribution in [2.24, 2.45) is 0 Å². The van der Waals surface area contributed by atoms with E-state index < -0.39 is 0 Å². The quantitative estimate of drug-likeness (QED) is 0.725. The summed E-state index contributed by atoms with van der Waals surface area (Å²) in [6, 6.07) is 13.3. The molecule has 1 amide bonds. The highest BCUT2D eigenvalue weighted by molar-refractivity contribution is 5.92. The van der Waals surface area contributed by atoms with E-state index >= 15 is 0 Å². The number of aromatic hydroxyl groups is 1. The minimum atomic E-state index is -0.0889. The molecule has 1 heterocycles. The van der Waals surface area contributed by atoms with E-state index in [0.29, 0.717) is 18.7 Å². The number of aryl methyl sites for hydroxylation is 4. The number of amides is 1. The second kappa shape index (κ2) is 7.43. The fourth-order valence-corrected chi connectivity index (χ4v) is 3.58. The summed E-state index contributed by atoms with van der Waals surface area (Å²) in [6.45, 7) is 4.03. The maximum absolute atomic E-state index is 12.5. The topological polar surface area (TPSA) is 75.1 Å². The van der Waals surface area contributed by atoms with E-state index in [0.717, 1.165) is 46.6 Å². The van der Waals surface area contributed by atoms with Crippen LogP contribution in [0.1, 0.15) is 35.0 Å². The molecule has 0 atom stereocenters. The fourth-order valence-electron chi connectivity index (χ4n) is 3.58. The Balaban J connectivity index is 1.61. The largest absolute Gasteiger partial charge is 0.508 e. The van der Waals surface area contributed by atoms with Crippen LogP contribution < -0.4 is 5.32 Å². The predicted octanol–water partition coefficient (Wildman–Crippen LogP) is 4.00. The van der Waals surface area contributed by atoms with Gasteiger partial charge in [-0.3, -0.25) is 4.79 Å². The summed E-state index contributed by atoms with van der Waals surface area (Å²) in [5.74, 6) is 0.736. The Hall–Kier alpha value is -3.21. The summed E-state index contributed by atoms with van der Waals surface area (Å²) in [5, 5.41) is 12.7. The van der Waals surface area contributed by atoms with Crippen LogP contribution in [0.15, 0.2) is 42.5 Å². The first-order valence-electron chi connectivity index (χ1n) is 9.61. The van der Waals surface area contributed by atoms with Crippen molar-refractivity contribution in [1.29, 1.82) is 0 Å². The molecule has 0 bridgehead atoms. The third kappa shape index (κ3) is 3.60. The van der Waals surface area contributed by atoms with Gasteiger partial charge in [0.2, 0.25) is 5.91 Å². The first-order valence-corrected chi connectivity index (χ1v) is 9.61. The lowest BCUT2D eigenvalue weighted by molar-refractivity contribution is -0.115. The minimum Gasteiger partial charge on any atom is -0.508 e. The minimum absolute atomic E-state index is 0.0889. The van der Waals surface area contributed by atoms with Gasteiger partial charge in [0.25, 0.3) is 0 Å². The lowest BCUT2D eigenvalue weighted by Crippen LogP contribution is -2.19. The molecule has 2 aromatic carbocycles. The Kier molecular flexibility index (Phi) is 4.82. The van der Waals surface area contributed by atoms with Crippen LogP contribution in [0.5, 0.6) is 5.75 Å². The summed E-state index contributed by atoms with van der Waals surface area (Å²) in [7, 11) is 0. The molecular formula is C23H23N3O2. The van der Waals surface area contributed by atoms with Crippen LogP contribution in [0.4, 0.5) is 5.82 Å². The molecule has 0 saturated carbocycles. The van der Waals surface area contributed by atoms with Crippen molar-refractivity contribution in [2.45, 2.75) is 39.5 Å². The van der Waals surface area contributed by atoms with Crippen LogP contribution in [0, 0.1) is 6.92 Å². The predicted molar refractivity (Wildman–Crippen MR) is 109 cm³/mol. The number of fused-ring (bicyclic) bond motifs is 3. The summed E-state index contributed by atoms with van der Waals surface area (Å²) < 4.78 is 0. The number of phenols is 1. The van der Waals surface area contributed by atoms with Crippen molar-refractivity contribution in [1.82, 2.24) is 9.97 Å². The second-order valence-electron chi connectivity index (χ2n) is 7.22. The molecule has 1 aliphatic rings. The number of nitrogens with one attached hydrogen (secondary N) is 1. The molecule has 0 fully saturated rings. The van der Waals surface area contributed by atoms with E-state index in [1.807, 2.05) is 44.2 Å². The molecule has 1 aliphatic carbocycles. The Labute approximate surface area is 164 Å². The highest BCUT2D eigenvalue weighted by Crippen LogP contribution is 2.34. The standard InChI is InChI=1S/C23H23N3O2/c1-3-19-23(26-21(28)12-15-6-4-14(2)5-7-15)25-20-11-8-16-13-17(27)9-10-18(16)22(20)24-19/h4-7,9-10,13,27H,3,8,11-12H2,1-2H3,(H,25,26,28). The maximum Gasteiger partial charge on any atom is 0.229 e. The molecule has 0 aliphatic heterocycles. The third-order valence-corrected chi connectivity index (χ3v) is 5.09. The molecule has 142 valence electrons. The molecule has 5 heteroatoms. The molecular weight excluding hydrogens is 350 g/mol. The Morgan fingerprint density at radius 1 is 1.11 bits per heavy atom. The normalized spacial score (nSPS) is 12.2. The van der Waals surface area contributed by atoms with E-state index in [1.165, 1.54) is 5.56 Å². The molecule has 0 unspecified atom stereocenters. The van der Waals surface area contributed by atoms with Crippen molar-refractivity contribution in [3.63, 3.8) is 0 Å². The van der Waals surface area contributed by atoms with E-state index in [2.05, 4.69) is 5.32 Å². The highest BCUT2D eigenvalue weighted by Gasteiger charge is 2.22. The number of anilines is 1. The number of benzene rings is 2. The van der Waals surface area contributed by atoms with Gasteiger partial charge in [0.15, 0.2) is 5.82 Å². The van der Waals surface area contributed by atoms with Gasteiger partial charge in [-0.05, 0) is 55.5 Å². The van der Waals surface area contributed by atoms with Gasteiger partial charge >= 0.3 is 0 Å². The molecule has 0 radical (unpaired) electrons. The number of carbonyl (C=O) groups is 1. The number of rotatable bonds is 4. The zero-order valence-electron chi connectivity index (χ0n) is 16.1. The monoisotopic (exact) mass is 373 g/mol. The van der Waals surface area contributed by atoms with Crippen molar-refractivity contribution in [2.75, 3.05) is 5.32 Å². The van der Waals surface area contributed by atoms with E-state index in [-0.39, 0.29) is 11.7 Å². The Bertz CT molecular complexity index is 1040. The van der Waals surface area contributed by atoms with Gasteiger partial charge in [-0.1, -0.05) is 36.8 Å². The maximum atomic E-state index is 12.5. The molecule has 1 aromatic heterocycles. The first kappa shape index (κ1) is 18.2. The zero-order chi connectivity index (χ0) is 19.7. The van der Waals surface area contributed by atoms with Crippen molar-refractivity contribution in [3.05, 3.63) is 70.5 Å². The van der Waals surface area contributed by atoms with Crippen LogP contribution in [0.25, 0.3) is 11.3 Å². The average molecular weight is 373 g/mol. The molecule has 4 rings (SSSR count). The molecule has 3 aromatic rings. The van der Waals surface area contributed by atoms with Crippen LogP contribution in [-0.2, 0) is 30.5 Å². The number of hydrogen-bond acceptors (Lipinski definition) is 4. The van der Waals surface area contributed by atoms with Crippen LogP contribution in [0.2, 0.25) is 0 Å². The number of carbonyl (C=O) groups excluding carboxylic acids is 1. The lowest BCUT2D eigenvalue weighted by atomic mass is 9.91. The van der Waals surface area contributed by atoms with Crippen molar-refractivity contribution >= 4 is 11.7 Å². The van der Waals surface area contributed by atoms with Crippen molar-refractivity contribution < 1.29 is 9.90 Å². The van der Waals surface area contributed by atoms with E-state index in [1.54, 1.807) is 12.1 Å². The summed E-state index contributed by atoms with van der Waals surface area (Å²) >= 11 is 0. The number of nitrogens with zero attached hydrogens (tertiary/aromatic N) is 2. The Morgan fingerprint density at radius 3 is 2.64 bits per heavy atom.